The quantitative estimate of drug-likeness (QED) is 0.580. The summed E-state index contributed by atoms with van der Waals surface area (Å²) in [5.41, 5.74) is 0.517. The second-order valence-electron chi connectivity index (χ2n) is 4.89. The number of anilines is 1. The zero-order valence-electron chi connectivity index (χ0n) is 12.6. The van der Waals surface area contributed by atoms with E-state index in [4.69, 9.17) is 0 Å². The van der Waals surface area contributed by atoms with Gasteiger partial charge in [0.25, 0.3) is 5.56 Å². The van der Waals surface area contributed by atoms with E-state index in [0.29, 0.717) is 21.2 Å². The van der Waals surface area contributed by atoms with Crippen molar-refractivity contribution in [3.63, 3.8) is 0 Å². The van der Waals surface area contributed by atoms with Gasteiger partial charge in [-0.15, -0.1) is 11.3 Å². The minimum absolute atomic E-state index is 0.117. The van der Waals surface area contributed by atoms with Crippen LogP contribution in [-0.2, 0) is 11.8 Å². The highest BCUT2D eigenvalue weighted by molar-refractivity contribution is 7.99. The molecule has 6 nitrogen and oxygen atoms in total. The summed E-state index contributed by atoms with van der Waals surface area (Å²) < 4.78 is 1.47. The predicted octanol–water partition coefficient (Wildman–Crippen LogP) is 2.43. The number of nitrogens with one attached hydrogen (secondary N) is 1. The van der Waals surface area contributed by atoms with Gasteiger partial charge in [-0.25, -0.2) is 9.97 Å². The van der Waals surface area contributed by atoms with Gasteiger partial charge in [0.1, 0.15) is 0 Å². The number of amides is 1. The summed E-state index contributed by atoms with van der Waals surface area (Å²) in [4.78, 5) is 33.8. The number of rotatable bonds is 4. The van der Waals surface area contributed by atoms with Gasteiger partial charge in [-0.05, 0) is 19.1 Å². The minimum Gasteiger partial charge on any atom is -0.301 e. The van der Waals surface area contributed by atoms with Crippen molar-refractivity contribution in [2.24, 2.45) is 7.05 Å². The fraction of sp³-hybridized carbons (Fsp3) is 0.200. The topological polar surface area (TPSA) is 76.9 Å². The third kappa shape index (κ3) is 3.43. The van der Waals surface area contributed by atoms with Crippen LogP contribution in [0, 0.1) is 6.92 Å². The Labute approximate surface area is 140 Å². The summed E-state index contributed by atoms with van der Waals surface area (Å²) in [5.74, 6) is -0.0104. The zero-order chi connectivity index (χ0) is 16.4. The van der Waals surface area contributed by atoms with Crippen molar-refractivity contribution in [1.82, 2.24) is 14.5 Å². The fourth-order valence-electron chi connectivity index (χ4n) is 2.02. The average Bonchev–Trinajstić information content (AvgIpc) is 2.94. The Kier molecular flexibility index (Phi) is 4.44. The van der Waals surface area contributed by atoms with Gasteiger partial charge >= 0.3 is 0 Å². The Balaban J connectivity index is 1.75. The number of aromatic nitrogens is 3. The van der Waals surface area contributed by atoms with Crippen molar-refractivity contribution in [3.8, 4) is 0 Å². The van der Waals surface area contributed by atoms with Crippen LogP contribution < -0.4 is 10.9 Å². The molecule has 0 aliphatic heterocycles. The van der Waals surface area contributed by atoms with E-state index in [-0.39, 0.29) is 17.2 Å². The van der Waals surface area contributed by atoms with Crippen molar-refractivity contribution in [1.29, 1.82) is 0 Å². The maximum atomic E-state index is 12.3. The van der Waals surface area contributed by atoms with Gasteiger partial charge in [-0.2, -0.15) is 0 Å². The van der Waals surface area contributed by atoms with Gasteiger partial charge in [0, 0.05) is 18.1 Å². The van der Waals surface area contributed by atoms with E-state index in [9.17, 15) is 9.59 Å². The molecule has 0 atom stereocenters. The molecule has 1 aromatic carbocycles. The summed E-state index contributed by atoms with van der Waals surface area (Å²) in [7, 11) is 1.66. The van der Waals surface area contributed by atoms with Crippen LogP contribution in [0.4, 0.5) is 5.13 Å². The third-order valence-corrected chi connectivity index (χ3v) is 5.00. The average molecular weight is 346 g/mol. The van der Waals surface area contributed by atoms with E-state index in [1.807, 2.05) is 19.1 Å². The number of benzene rings is 1. The monoisotopic (exact) mass is 346 g/mol. The summed E-state index contributed by atoms with van der Waals surface area (Å²) >= 11 is 2.65. The van der Waals surface area contributed by atoms with Crippen LogP contribution in [0.2, 0.25) is 0 Å². The Morgan fingerprint density at radius 3 is 2.91 bits per heavy atom. The van der Waals surface area contributed by atoms with E-state index in [1.165, 1.54) is 27.7 Å². The maximum absolute atomic E-state index is 12.3. The molecule has 0 unspecified atom stereocenters. The lowest BCUT2D eigenvalue weighted by molar-refractivity contribution is -0.113. The second kappa shape index (κ2) is 6.51. The van der Waals surface area contributed by atoms with Gasteiger partial charge in [0.05, 0.1) is 16.7 Å². The fourth-order valence-corrected chi connectivity index (χ4v) is 3.48. The molecule has 0 aliphatic carbocycles. The van der Waals surface area contributed by atoms with Gasteiger partial charge < -0.3 is 5.32 Å². The van der Waals surface area contributed by atoms with Crippen molar-refractivity contribution in [2.45, 2.75) is 12.1 Å². The maximum Gasteiger partial charge on any atom is 0.261 e. The molecule has 118 valence electrons. The first-order valence-corrected chi connectivity index (χ1v) is 8.65. The molecule has 8 heteroatoms. The summed E-state index contributed by atoms with van der Waals surface area (Å²) in [6, 6.07) is 7.18. The minimum atomic E-state index is -0.174. The van der Waals surface area contributed by atoms with Crippen molar-refractivity contribution in [2.75, 3.05) is 11.1 Å². The van der Waals surface area contributed by atoms with Crippen LogP contribution in [0.5, 0.6) is 0 Å². The van der Waals surface area contributed by atoms with E-state index in [0.717, 1.165) is 4.88 Å². The zero-order valence-corrected chi connectivity index (χ0v) is 14.2. The van der Waals surface area contributed by atoms with E-state index in [2.05, 4.69) is 15.3 Å². The molecule has 0 bridgehead atoms. The van der Waals surface area contributed by atoms with Crippen molar-refractivity contribution in [3.05, 3.63) is 45.7 Å². The first-order valence-electron chi connectivity index (χ1n) is 6.85. The molecule has 0 aliphatic rings. The number of thioether (sulfide) groups is 1. The van der Waals surface area contributed by atoms with Crippen LogP contribution in [0.15, 0.2) is 40.4 Å². The highest BCUT2D eigenvalue weighted by Gasteiger charge is 2.11. The molecule has 0 spiro atoms. The Morgan fingerprint density at radius 1 is 1.39 bits per heavy atom. The molecule has 2 aromatic heterocycles. The molecule has 0 fully saturated rings. The normalized spacial score (nSPS) is 10.9. The molecule has 0 saturated carbocycles. The van der Waals surface area contributed by atoms with Crippen LogP contribution in [-0.4, -0.2) is 26.2 Å². The Hall–Kier alpha value is -2.19. The summed E-state index contributed by atoms with van der Waals surface area (Å²) in [6.07, 6.45) is 1.71. The second-order valence-corrected chi connectivity index (χ2v) is 7.07. The van der Waals surface area contributed by atoms with Crippen molar-refractivity contribution < 1.29 is 4.79 Å². The summed E-state index contributed by atoms with van der Waals surface area (Å²) in [6.45, 7) is 1.93. The lowest BCUT2D eigenvalue weighted by atomic mass is 10.2. The first kappa shape index (κ1) is 15.7. The largest absolute Gasteiger partial charge is 0.301 e. The van der Waals surface area contributed by atoms with Gasteiger partial charge in [-0.1, -0.05) is 23.9 Å². The molecule has 23 heavy (non-hydrogen) atoms. The number of thiazole rings is 1. The van der Waals surface area contributed by atoms with E-state index in [1.54, 1.807) is 25.4 Å². The molecule has 0 radical (unpaired) electrons. The van der Waals surface area contributed by atoms with Gasteiger partial charge in [-0.3, -0.25) is 14.2 Å². The molecular weight excluding hydrogens is 332 g/mol. The number of carbonyl (C=O) groups excluding carboxylic acids is 1. The molecule has 1 N–H and O–H groups in total. The number of hydrogen-bond donors (Lipinski definition) is 1. The number of para-hydroxylation sites is 1. The molecular formula is C15H14N4O2S2. The number of aryl methyl sites for hydroxylation is 1. The van der Waals surface area contributed by atoms with Crippen LogP contribution in [0.25, 0.3) is 10.9 Å². The summed E-state index contributed by atoms with van der Waals surface area (Å²) in [5, 5.41) is 4.40. The van der Waals surface area contributed by atoms with Crippen LogP contribution in [0.3, 0.4) is 0 Å². The highest BCUT2D eigenvalue weighted by atomic mass is 32.2. The smallest absolute Gasteiger partial charge is 0.261 e. The molecule has 1 amide bonds. The number of carbonyl (C=O) groups is 1. The Morgan fingerprint density at radius 2 is 2.17 bits per heavy atom. The molecule has 0 saturated heterocycles. The predicted molar refractivity (Wildman–Crippen MR) is 93.2 cm³/mol. The number of hydrogen-bond acceptors (Lipinski definition) is 6. The van der Waals surface area contributed by atoms with Gasteiger partial charge in [0.2, 0.25) is 5.91 Å². The Bertz CT molecular complexity index is 933. The van der Waals surface area contributed by atoms with Gasteiger partial charge in [0.15, 0.2) is 10.3 Å². The SMILES string of the molecule is Cc1cnc(NC(=O)CSc2nc3ccccc3c(=O)n2C)s1. The molecule has 2 heterocycles. The molecule has 3 rings (SSSR count). The lowest BCUT2D eigenvalue weighted by Gasteiger charge is -2.08. The standard InChI is InChI=1S/C15H14N4O2S2/c1-9-7-16-14(23-9)18-12(20)8-22-15-17-11-6-4-3-5-10(11)13(21)19(15)2/h3-7H,8H2,1-2H3,(H,16,18,20). The van der Waals surface area contributed by atoms with Crippen LogP contribution >= 0.6 is 23.1 Å². The first-order chi connectivity index (χ1) is 11.0. The molecule has 3 aromatic rings. The van der Waals surface area contributed by atoms with E-state index >= 15 is 0 Å². The third-order valence-electron chi connectivity index (χ3n) is 3.14. The van der Waals surface area contributed by atoms with Crippen LogP contribution in [0.1, 0.15) is 4.88 Å². The number of fused-ring (bicyclic) bond motifs is 1. The lowest BCUT2D eigenvalue weighted by Crippen LogP contribution is -2.21. The highest BCUT2D eigenvalue weighted by Crippen LogP contribution is 2.19. The van der Waals surface area contributed by atoms with E-state index < -0.39 is 0 Å². The number of nitrogens with zero attached hydrogens (tertiary/aromatic N) is 3. The van der Waals surface area contributed by atoms with Crippen molar-refractivity contribution >= 4 is 45.0 Å².